The van der Waals surface area contributed by atoms with Gasteiger partial charge in [0, 0.05) is 39.8 Å². The van der Waals surface area contributed by atoms with Crippen molar-refractivity contribution in [2.75, 3.05) is 33.2 Å². The van der Waals surface area contributed by atoms with Crippen LogP contribution in [0.3, 0.4) is 0 Å². The molecule has 1 aromatic rings. The SMILES string of the molecule is CNC(=O)[C@@]12CCC3(CCN(Cc4ccccn4)CC3)[C@@H]1CN(C(C)=O)C2.O=C(O)C(F)(F)F. The first kappa shape index (κ1) is 25.9. The molecule has 4 rings (SSSR count). The van der Waals surface area contributed by atoms with E-state index in [-0.39, 0.29) is 28.6 Å². The molecule has 0 radical (unpaired) electrons. The predicted octanol–water partition coefficient (Wildman–Crippen LogP) is 2.30. The van der Waals surface area contributed by atoms with Crippen molar-refractivity contribution in [2.24, 2.45) is 16.7 Å². The van der Waals surface area contributed by atoms with Crippen LogP contribution in [-0.4, -0.2) is 77.1 Å². The van der Waals surface area contributed by atoms with E-state index in [0.717, 1.165) is 57.6 Å². The van der Waals surface area contributed by atoms with Gasteiger partial charge in [0.25, 0.3) is 0 Å². The van der Waals surface area contributed by atoms with Crippen LogP contribution in [0.15, 0.2) is 24.4 Å². The molecule has 1 aromatic heterocycles. The van der Waals surface area contributed by atoms with Gasteiger partial charge < -0.3 is 15.3 Å². The topological polar surface area (TPSA) is 103 Å². The van der Waals surface area contributed by atoms with Crippen LogP contribution in [-0.2, 0) is 20.9 Å². The highest BCUT2D eigenvalue weighted by Crippen LogP contribution is 2.62. The molecule has 0 bridgehead atoms. The number of hydrogen-bond acceptors (Lipinski definition) is 5. The molecular formula is C23H31F3N4O4. The summed E-state index contributed by atoms with van der Waals surface area (Å²) in [6.45, 7) is 5.92. The molecule has 0 unspecified atom stereocenters. The van der Waals surface area contributed by atoms with Crippen molar-refractivity contribution in [1.82, 2.24) is 20.1 Å². The summed E-state index contributed by atoms with van der Waals surface area (Å²) in [4.78, 5) is 42.6. The van der Waals surface area contributed by atoms with Crippen molar-refractivity contribution in [3.63, 3.8) is 0 Å². The molecule has 1 aliphatic carbocycles. The first-order valence-electron chi connectivity index (χ1n) is 11.3. The minimum absolute atomic E-state index is 0.0930. The summed E-state index contributed by atoms with van der Waals surface area (Å²) < 4.78 is 31.7. The first-order chi connectivity index (χ1) is 15.9. The summed E-state index contributed by atoms with van der Waals surface area (Å²) >= 11 is 0. The predicted molar refractivity (Wildman–Crippen MR) is 116 cm³/mol. The fourth-order valence-corrected chi connectivity index (χ4v) is 5.90. The fourth-order valence-electron chi connectivity index (χ4n) is 5.90. The lowest BCUT2D eigenvalue weighted by atomic mass is 9.65. The van der Waals surface area contributed by atoms with Gasteiger partial charge in [-0.25, -0.2) is 4.79 Å². The van der Waals surface area contributed by atoms with E-state index in [1.807, 2.05) is 23.2 Å². The van der Waals surface area contributed by atoms with E-state index >= 15 is 0 Å². The number of nitrogens with zero attached hydrogens (tertiary/aromatic N) is 3. The molecule has 2 N–H and O–H groups in total. The number of pyridine rings is 1. The van der Waals surface area contributed by atoms with Crippen LogP contribution in [0.1, 0.15) is 38.3 Å². The molecule has 2 saturated heterocycles. The average Bonchev–Trinajstić information content (AvgIpc) is 3.33. The number of piperidine rings is 1. The van der Waals surface area contributed by atoms with Gasteiger partial charge >= 0.3 is 12.1 Å². The second kappa shape index (κ2) is 9.89. The maximum atomic E-state index is 12.8. The Morgan fingerprint density at radius 2 is 1.82 bits per heavy atom. The van der Waals surface area contributed by atoms with E-state index in [2.05, 4.69) is 21.3 Å². The van der Waals surface area contributed by atoms with E-state index in [0.29, 0.717) is 6.54 Å². The number of alkyl halides is 3. The van der Waals surface area contributed by atoms with Gasteiger partial charge in [0.2, 0.25) is 11.8 Å². The molecular weight excluding hydrogens is 453 g/mol. The molecule has 188 valence electrons. The third kappa shape index (κ3) is 5.18. The highest BCUT2D eigenvalue weighted by molar-refractivity contribution is 5.86. The van der Waals surface area contributed by atoms with Crippen LogP contribution in [0.2, 0.25) is 0 Å². The summed E-state index contributed by atoms with van der Waals surface area (Å²) in [5.74, 6) is -2.25. The van der Waals surface area contributed by atoms with Gasteiger partial charge in [-0.3, -0.25) is 19.5 Å². The molecule has 1 spiro atoms. The summed E-state index contributed by atoms with van der Waals surface area (Å²) in [5.41, 5.74) is 0.921. The molecule has 3 heterocycles. The second-order valence-corrected chi connectivity index (χ2v) is 9.45. The van der Waals surface area contributed by atoms with Gasteiger partial charge in [0.15, 0.2) is 0 Å². The van der Waals surface area contributed by atoms with Crippen LogP contribution in [0.5, 0.6) is 0 Å². The Kier molecular flexibility index (Phi) is 7.54. The van der Waals surface area contributed by atoms with E-state index < -0.39 is 12.1 Å². The van der Waals surface area contributed by atoms with Crippen LogP contribution >= 0.6 is 0 Å². The molecule has 0 aromatic carbocycles. The number of carboxylic acids is 1. The summed E-state index contributed by atoms with van der Waals surface area (Å²) in [6, 6.07) is 6.07. The molecule has 1 saturated carbocycles. The fraction of sp³-hybridized carbons (Fsp3) is 0.652. The summed E-state index contributed by atoms with van der Waals surface area (Å²) in [5, 5.41) is 10.0. The minimum Gasteiger partial charge on any atom is -0.475 e. The quantitative estimate of drug-likeness (QED) is 0.683. The number of aromatic nitrogens is 1. The van der Waals surface area contributed by atoms with Gasteiger partial charge in [0.1, 0.15) is 0 Å². The Hall–Kier alpha value is -2.69. The number of amides is 2. The number of carbonyl (C=O) groups excluding carboxylic acids is 2. The van der Waals surface area contributed by atoms with Gasteiger partial charge in [-0.15, -0.1) is 0 Å². The molecule has 3 aliphatic rings. The number of likely N-dealkylation sites (tertiary alicyclic amines) is 2. The van der Waals surface area contributed by atoms with Crippen LogP contribution in [0.25, 0.3) is 0 Å². The number of carbonyl (C=O) groups is 3. The van der Waals surface area contributed by atoms with Crippen LogP contribution in [0.4, 0.5) is 13.2 Å². The highest BCUT2D eigenvalue weighted by atomic mass is 19.4. The molecule has 34 heavy (non-hydrogen) atoms. The van der Waals surface area contributed by atoms with E-state index in [9.17, 15) is 22.8 Å². The molecule has 2 amide bonds. The number of halogens is 3. The van der Waals surface area contributed by atoms with Crippen molar-refractivity contribution >= 4 is 17.8 Å². The van der Waals surface area contributed by atoms with Gasteiger partial charge in [-0.1, -0.05) is 6.07 Å². The molecule has 3 fully saturated rings. The van der Waals surface area contributed by atoms with Crippen LogP contribution < -0.4 is 5.32 Å². The maximum Gasteiger partial charge on any atom is 0.490 e. The Morgan fingerprint density at radius 3 is 2.32 bits per heavy atom. The molecule has 11 heteroatoms. The van der Waals surface area contributed by atoms with Gasteiger partial charge in [-0.05, 0) is 62.2 Å². The second-order valence-electron chi connectivity index (χ2n) is 9.45. The van der Waals surface area contributed by atoms with Crippen molar-refractivity contribution < 1.29 is 32.7 Å². The van der Waals surface area contributed by atoms with Crippen molar-refractivity contribution in [3.05, 3.63) is 30.1 Å². The Morgan fingerprint density at radius 1 is 1.18 bits per heavy atom. The number of hydrogen-bond donors (Lipinski definition) is 2. The van der Waals surface area contributed by atoms with Crippen molar-refractivity contribution in [2.45, 2.75) is 45.3 Å². The highest BCUT2D eigenvalue weighted by Gasteiger charge is 2.64. The lowest BCUT2D eigenvalue weighted by molar-refractivity contribution is -0.192. The smallest absolute Gasteiger partial charge is 0.475 e. The zero-order chi connectivity index (χ0) is 25.1. The lowest BCUT2D eigenvalue weighted by Gasteiger charge is -2.44. The van der Waals surface area contributed by atoms with Crippen molar-refractivity contribution in [3.8, 4) is 0 Å². The maximum absolute atomic E-state index is 12.8. The van der Waals surface area contributed by atoms with E-state index in [1.165, 1.54) is 0 Å². The van der Waals surface area contributed by atoms with Gasteiger partial charge in [0.05, 0.1) is 11.1 Å². The monoisotopic (exact) mass is 484 g/mol. The van der Waals surface area contributed by atoms with Gasteiger partial charge in [-0.2, -0.15) is 13.2 Å². The summed E-state index contributed by atoms with van der Waals surface area (Å²) in [7, 11) is 1.73. The molecule has 2 atom stereocenters. The van der Waals surface area contributed by atoms with E-state index in [4.69, 9.17) is 9.90 Å². The largest absolute Gasteiger partial charge is 0.490 e. The zero-order valence-electron chi connectivity index (χ0n) is 19.4. The standard InChI is InChI=1S/C21H30N4O2.C2HF3O2/c1-16(26)25-14-18-20(6-7-21(18,15-25)19(27)22-2)8-11-24(12-9-20)13-17-5-3-4-10-23-17;3-2(4,5)1(6)7/h3-5,10,18H,6-9,11-15H2,1-2H3,(H,22,27);(H,6,7)/t18-,21+;/m0./s1. The number of aliphatic carboxylic acids is 1. The van der Waals surface area contributed by atoms with E-state index in [1.54, 1.807) is 14.0 Å². The first-order valence-corrected chi connectivity index (χ1v) is 11.3. The average molecular weight is 485 g/mol. The Labute approximate surface area is 196 Å². The molecule has 8 nitrogen and oxygen atoms in total. The minimum atomic E-state index is -5.08. The number of rotatable bonds is 3. The third-order valence-corrected chi connectivity index (χ3v) is 7.68. The molecule has 2 aliphatic heterocycles. The normalized spacial score (nSPS) is 25.9. The summed E-state index contributed by atoms with van der Waals surface area (Å²) in [6.07, 6.45) is 0.990. The Bertz CT molecular complexity index is 903. The third-order valence-electron chi connectivity index (χ3n) is 7.68. The number of carboxylic acid groups (broad SMARTS) is 1. The Balaban J connectivity index is 0.000000406. The van der Waals surface area contributed by atoms with Crippen molar-refractivity contribution in [1.29, 1.82) is 0 Å². The number of nitrogens with one attached hydrogen (secondary N) is 1. The number of fused-ring (bicyclic) bond motifs is 2. The lowest BCUT2D eigenvalue weighted by Crippen LogP contribution is -2.48. The van der Waals surface area contributed by atoms with Crippen LogP contribution in [0, 0.1) is 16.7 Å². The zero-order valence-corrected chi connectivity index (χ0v) is 19.4.